The van der Waals surface area contributed by atoms with Crippen LogP contribution in [0.2, 0.25) is 5.02 Å². The van der Waals surface area contributed by atoms with E-state index < -0.39 is 23.2 Å². The third-order valence-corrected chi connectivity index (χ3v) is 3.27. The smallest absolute Gasteiger partial charge is 0.335 e. The first-order valence-corrected chi connectivity index (χ1v) is 6.50. The Balaban J connectivity index is 2.27. The van der Waals surface area contributed by atoms with Crippen LogP contribution in [-0.4, -0.2) is 11.1 Å². The second-order valence-electron chi connectivity index (χ2n) is 4.54. The highest BCUT2D eigenvalue weighted by Crippen LogP contribution is 2.26. The zero-order valence-corrected chi connectivity index (χ0v) is 11.8. The number of carbonyl (C=O) groups is 1. The lowest BCUT2D eigenvalue weighted by atomic mass is 10.1. The van der Waals surface area contributed by atoms with Crippen molar-refractivity contribution in [2.45, 2.75) is 13.0 Å². The van der Waals surface area contributed by atoms with Gasteiger partial charge in [-0.3, -0.25) is 0 Å². The van der Waals surface area contributed by atoms with Crippen LogP contribution < -0.4 is 5.32 Å². The maximum Gasteiger partial charge on any atom is 0.335 e. The minimum absolute atomic E-state index is 0.359. The molecule has 2 aromatic rings. The van der Waals surface area contributed by atoms with Gasteiger partial charge in [0.1, 0.15) is 17.3 Å². The largest absolute Gasteiger partial charge is 0.478 e. The molecular formula is C15H12ClF2NO2. The zero-order chi connectivity index (χ0) is 15.6. The lowest BCUT2D eigenvalue weighted by Crippen LogP contribution is -2.11. The molecule has 2 aromatic carbocycles. The molecule has 6 heteroatoms. The van der Waals surface area contributed by atoms with Gasteiger partial charge >= 0.3 is 5.97 Å². The summed E-state index contributed by atoms with van der Waals surface area (Å²) in [7, 11) is 0. The molecular weight excluding hydrogens is 300 g/mol. The Morgan fingerprint density at radius 3 is 2.19 bits per heavy atom. The van der Waals surface area contributed by atoms with Crippen molar-refractivity contribution in [3.8, 4) is 0 Å². The predicted molar refractivity (Wildman–Crippen MR) is 76.8 cm³/mol. The van der Waals surface area contributed by atoms with Crippen LogP contribution in [0.4, 0.5) is 14.5 Å². The molecule has 0 saturated carbocycles. The molecule has 2 rings (SSSR count). The second kappa shape index (κ2) is 6.10. The van der Waals surface area contributed by atoms with Gasteiger partial charge < -0.3 is 10.4 Å². The average Bonchev–Trinajstić information content (AvgIpc) is 2.43. The summed E-state index contributed by atoms with van der Waals surface area (Å²) in [5.41, 5.74) is -0.00217. The molecule has 0 aliphatic rings. The molecule has 110 valence electrons. The molecule has 3 nitrogen and oxygen atoms in total. The third kappa shape index (κ3) is 3.49. The fraction of sp³-hybridized carbons (Fsp3) is 0.133. The number of carboxylic acid groups (broad SMARTS) is 1. The quantitative estimate of drug-likeness (QED) is 0.874. The number of hydrogen-bond donors (Lipinski definition) is 2. The number of hydrogen-bond acceptors (Lipinski definition) is 2. The lowest BCUT2D eigenvalue weighted by molar-refractivity contribution is 0.0696. The van der Waals surface area contributed by atoms with E-state index in [1.54, 1.807) is 31.2 Å². The fourth-order valence-corrected chi connectivity index (χ4v) is 2.01. The Morgan fingerprint density at radius 1 is 1.19 bits per heavy atom. The Kier molecular flexibility index (Phi) is 4.43. The summed E-state index contributed by atoms with van der Waals surface area (Å²) in [5, 5.41) is 12.0. The second-order valence-corrected chi connectivity index (χ2v) is 4.97. The van der Waals surface area contributed by atoms with Gasteiger partial charge in [0.05, 0.1) is 5.56 Å². The molecule has 0 aliphatic heterocycles. The van der Waals surface area contributed by atoms with Gasteiger partial charge in [-0.1, -0.05) is 23.7 Å². The van der Waals surface area contributed by atoms with Crippen molar-refractivity contribution in [3.05, 3.63) is 64.2 Å². The average molecular weight is 312 g/mol. The zero-order valence-electron chi connectivity index (χ0n) is 11.0. The maximum absolute atomic E-state index is 13.8. The Hall–Kier alpha value is -2.14. The Bertz CT molecular complexity index is 651. The summed E-state index contributed by atoms with van der Waals surface area (Å²) in [5.74, 6) is -3.29. The number of benzene rings is 2. The van der Waals surface area contributed by atoms with E-state index in [1.165, 1.54) is 0 Å². The van der Waals surface area contributed by atoms with Crippen LogP contribution in [0, 0.1) is 11.6 Å². The van der Waals surface area contributed by atoms with Crippen molar-refractivity contribution in [2.75, 3.05) is 5.32 Å². The first kappa shape index (κ1) is 15.3. The first-order valence-electron chi connectivity index (χ1n) is 6.13. The molecule has 0 heterocycles. The summed E-state index contributed by atoms with van der Waals surface area (Å²) in [4.78, 5) is 10.7. The monoisotopic (exact) mass is 311 g/mol. The van der Waals surface area contributed by atoms with Crippen molar-refractivity contribution in [3.63, 3.8) is 0 Å². The van der Waals surface area contributed by atoms with Crippen LogP contribution in [0.5, 0.6) is 0 Å². The minimum Gasteiger partial charge on any atom is -0.478 e. The van der Waals surface area contributed by atoms with Crippen molar-refractivity contribution in [1.82, 2.24) is 0 Å². The molecule has 21 heavy (non-hydrogen) atoms. The predicted octanol–water partition coefficient (Wildman–Crippen LogP) is 4.49. The molecule has 1 atom stereocenters. The van der Waals surface area contributed by atoms with Gasteiger partial charge in [-0.25, -0.2) is 13.6 Å². The van der Waals surface area contributed by atoms with E-state index in [0.29, 0.717) is 5.02 Å². The van der Waals surface area contributed by atoms with E-state index >= 15 is 0 Å². The van der Waals surface area contributed by atoms with Crippen LogP contribution in [0.3, 0.4) is 0 Å². The van der Waals surface area contributed by atoms with E-state index in [4.69, 9.17) is 16.7 Å². The normalized spacial score (nSPS) is 12.0. The number of halogens is 3. The van der Waals surface area contributed by atoms with Crippen molar-refractivity contribution >= 4 is 23.3 Å². The summed E-state index contributed by atoms with van der Waals surface area (Å²) >= 11 is 5.78. The van der Waals surface area contributed by atoms with Gasteiger partial charge in [0.15, 0.2) is 0 Å². The molecule has 0 bridgehead atoms. The summed E-state index contributed by atoms with van der Waals surface area (Å²) in [6.45, 7) is 1.73. The van der Waals surface area contributed by atoms with Gasteiger partial charge in [0.2, 0.25) is 0 Å². The molecule has 1 unspecified atom stereocenters. The summed E-state index contributed by atoms with van der Waals surface area (Å²) < 4.78 is 27.6. The van der Waals surface area contributed by atoms with E-state index in [1.807, 2.05) is 0 Å². The van der Waals surface area contributed by atoms with Crippen LogP contribution in [0.1, 0.15) is 28.9 Å². The highest BCUT2D eigenvalue weighted by Gasteiger charge is 2.16. The van der Waals surface area contributed by atoms with E-state index in [9.17, 15) is 13.6 Å². The highest BCUT2D eigenvalue weighted by atomic mass is 35.5. The number of carboxylic acids is 1. The van der Waals surface area contributed by atoms with Crippen molar-refractivity contribution in [1.29, 1.82) is 0 Å². The number of rotatable bonds is 4. The van der Waals surface area contributed by atoms with Crippen LogP contribution in [-0.2, 0) is 0 Å². The van der Waals surface area contributed by atoms with E-state index in [2.05, 4.69) is 5.32 Å². The molecule has 0 saturated heterocycles. The number of aromatic carboxylic acids is 1. The molecule has 0 amide bonds. The molecule has 0 radical (unpaired) electrons. The van der Waals surface area contributed by atoms with Crippen LogP contribution in [0.25, 0.3) is 0 Å². The molecule has 0 aromatic heterocycles. The van der Waals surface area contributed by atoms with Gasteiger partial charge in [-0.05, 0) is 36.8 Å². The molecule has 0 aliphatic carbocycles. The third-order valence-electron chi connectivity index (χ3n) is 3.02. The van der Waals surface area contributed by atoms with Crippen LogP contribution >= 0.6 is 11.6 Å². The summed E-state index contributed by atoms with van der Waals surface area (Å²) in [6.07, 6.45) is 0. The van der Waals surface area contributed by atoms with Crippen molar-refractivity contribution < 1.29 is 18.7 Å². The van der Waals surface area contributed by atoms with E-state index in [-0.39, 0.29) is 11.7 Å². The SMILES string of the molecule is CC(Nc1c(F)cc(C(=O)O)cc1F)c1ccc(Cl)cc1. The van der Waals surface area contributed by atoms with Crippen molar-refractivity contribution in [2.24, 2.45) is 0 Å². The van der Waals surface area contributed by atoms with Gasteiger partial charge in [0, 0.05) is 11.1 Å². The van der Waals surface area contributed by atoms with Gasteiger partial charge in [-0.2, -0.15) is 0 Å². The lowest BCUT2D eigenvalue weighted by Gasteiger charge is -2.17. The Morgan fingerprint density at radius 2 is 1.71 bits per heavy atom. The standard InChI is InChI=1S/C15H12ClF2NO2/c1-8(9-2-4-11(16)5-3-9)19-14-12(17)6-10(15(20)21)7-13(14)18/h2-8,19H,1H3,(H,20,21). The minimum atomic E-state index is -1.38. The van der Waals surface area contributed by atoms with Gasteiger partial charge in [0.25, 0.3) is 0 Å². The van der Waals surface area contributed by atoms with E-state index in [0.717, 1.165) is 17.7 Å². The van der Waals surface area contributed by atoms with Crippen LogP contribution in [0.15, 0.2) is 36.4 Å². The topological polar surface area (TPSA) is 49.3 Å². The number of nitrogens with one attached hydrogen (secondary N) is 1. The Labute approximate surface area is 125 Å². The molecule has 0 spiro atoms. The van der Waals surface area contributed by atoms with Gasteiger partial charge in [-0.15, -0.1) is 0 Å². The molecule has 0 fully saturated rings. The first-order chi connectivity index (χ1) is 9.88. The fourth-order valence-electron chi connectivity index (χ4n) is 1.89. The maximum atomic E-state index is 13.8. The highest BCUT2D eigenvalue weighted by molar-refractivity contribution is 6.30. The number of anilines is 1. The summed E-state index contributed by atoms with van der Waals surface area (Å²) in [6, 6.07) is 8.01. The molecule has 2 N–H and O–H groups in total.